The average molecular weight is 521 g/mol. The zero-order valence-corrected chi connectivity index (χ0v) is 22.4. The standard InChI is InChI=1S/C37H27FNO/c1-24-13-18-30-31-19-20-32(38)35(28-16-14-27(15-17-28)25-9-5-3-6-10-25)37(31)40-36(30)34(24)33-23-29(21-22-39(33)2)26-11-7-4-8-12-26/h3-23H,1-2H3/q+1. The molecule has 0 aliphatic rings. The molecule has 0 radical (unpaired) electrons. The van der Waals surface area contributed by atoms with E-state index in [-0.39, 0.29) is 5.82 Å². The molecule has 7 rings (SSSR count). The molecule has 0 amide bonds. The van der Waals surface area contributed by atoms with Gasteiger partial charge in [0.1, 0.15) is 24.0 Å². The van der Waals surface area contributed by atoms with Gasteiger partial charge in [-0.3, -0.25) is 0 Å². The van der Waals surface area contributed by atoms with Crippen LogP contribution in [0.1, 0.15) is 5.56 Å². The van der Waals surface area contributed by atoms with Gasteiger partial charge in [-0.05, 0) is 52.4 Å². The van der Waals surface area contributed by atoms with E-state index in [1.54, 1.807) is 6.07 Å². The highest BCUT2D eigenvalue weighted by molar-refractivity contribution is 6.13. The number of hydrogen-bond acceptors (Lipinski definition) is 1. The monoisotopic (exact) mass is 520 g/mol. The van der Waals surface area contributed by atoms with Crippen molar-refractivity contribution in [2.24, 2.45) is 7.05 Å². The molecule has 2 heterocycles. The van der Waals surface area contributed by atoms with Gasteiger partial charge in [0, 0.05) is 22.9 Å². The van der Waals surface area contributed by atoms with Crippen LogP contribution in [0.3, 0.4) is 0 Å². The van der Waals surface area contributed by atoms with E-state index < -0.39 is 0 Å². The maximum Gasteiger partial charge on any atom is 0.216 e. The predicted molar refractivity (Wildman–Crippen MR) is 161 cm³/mol. The molecule has 3 heteroatoms. The average Bonchev–Trinajstić information content (AvgIpc) is 3.37. The van der Waals surface area contributed by atoms with Gasteiger partial charge in [-0.15, -0.1) is 0 Å². The van der Waals surface area contributed by atoms with E-state index in [1.807, 2.05) is 61.6 Å². The summed E-state index contributed by atoms with van der Waals surface area (Å²) in [6.07, 6.45) is 2.08. The van der Waals surface area contributed by atoms with Crippen LogP contribution >= 0.6 is 0 Å². The molecule has 40 heavy (non-hydrogen) atoms. The summed E-state index contributed by atoms with van der Waals surface area (Å²) in [5.74, 6) is -0.297. The van der Waals surface area contributed by atoms with Crippen LogP contribution in [0.2, 0.25) is 0 Å². The second-order valence-electron chi connectivity index (χ2n) is 10.3. The SMILES string of the molecule is Cc1ccc2c(oc3c(-c4ccc(-c5ccccc5)cc4)c(F)ccc32)c1-c1cc(-c2ccccc2)cc[n+]1C. The van der Waals surface area contributed by atoms with E-state index in [9.17, 15) is 0 Å². The molecule has 0 saturated carbocycles. The number of furan rings is 1. The Morgan fingerprint density at radius 2 is 1.10 bits per heavy atom. The van der Waals surface area contributed by atoms with Crippen molar-refractivity contribution in [1.82, 2.24) is 0 Å². The van der Waals surface area contributed by atoms with Crippen LogP contribution in [0.5, 0.6) is 0 Å². The molecule has 0 spiro atoms. The first kappa shape index (κ1) is 24.1. The Morgan fingerprint density at radius 3 is 1.77 bits per heavy atom. The summed E-state index contributed by atoms with van der Waals surface area (Å²) in [5, 5.41) is 1.88. The number of pyridine rings is 1. The highest BCUT2D eigenvalue weighted by Gasteiger charge is 2.23. The van der Waals surface area contributed by atoms with Crippen molar-refractivity contribution >= 4 is 21.9 Å². The molecule has 192 valence electrons. The van der Waals surface area contributed by atoms with Crippen molar-refractivity contribution in [3.05, 3.63) is 139 Å². The molecule has 0 unspecified atom stereocenters. The van der Waals surface area contributed by atoms with Crippen LogP contribution in [0, 0.1) is 12.7 Å². The molecule has 2 nitrogen and oxygen atoms in total. The van der Waals surface area contributed by atoms with Gasteiger partial charge in [0.05, 0.1) is 11.1 Å². The summed E-state index contributed by atoms with van der Waals surface area (Å²) in [6, 6.07) is 40.5. The molecule has 0 atom stereocenters. The molecule has 5 aromatic carbocycles. The number of aromatic nitrogens is 1. The quantitative estimate of drug-likeness (QED) is 0.211. The summed E-state index contributed by atoms with van der Waals surface area (Å²) < 4.78 is 24.3. The van der Waals surface area contributed by atoms with Crippen LogP contribution in [0.15, 0.2) is 132 Å². The third-order valence-corrected chi connectivity index (χ3v) is 7.76. The lowest BCUT2D eigenvalue weighted by Gasteiger charge is -2.08. The normalized spacial score (nSPS) is 11.4. The predicted octanol–water partition coefficient (Wildman–Crippen LogP) is 9.53. The van der Waals surface area contributed by atoms with Crippen molar-refractivity contribution in [2.75, 3.05) is 0 Å². The maximum atomic E-state index is 15.5. The lowest BCUT2D eigenvalue weighted by atomic mass is 9.96. The first-order valence-corrected chi connectivity index (χ1v) is 13.4. The van der Waals surface area contributed by atoms with Crippen LogP contribution in [-0.4, -0.2) is 0 Å². The number of halogens is 1. The molecule has 2 aromatic heterocycles. The summed E-state index contributed by atoms with van der Waals surface area (Å²) in [7, 11) is 2.05. The minimum Gasteiger partial charge on any atom is -0.454 e. The molecule has 0 aliphatic carbocycles. The minimum absolute atomic E-state index is 0.297. The number of rotatable bonds is 4. The number of nitrogens with zero attached hydrogens (tertiary/aromatic N) is 1. The highest BCUT2D eigenvalue weighted by Crippen LogP contribution is 2.42. The topological polar surface area (TPSA) is 17.0 Å². The Kier molecular flexibility index (Phi) is 5.78. The molecule has 0 aliphatic heterocycles. The second-order valence-corrected chi connectivity index (χ2v) is 10.3. The molecule has 0 bridgehead atoms. The Hall–Kier alpha value is -5.02. The lowest BCUT2D eigenvalue weighted by Crippen LogP contribution is -2.30. The summed E-state index contributed by atoms with van der Waals surface area (Å²) >= 11 is 0. The van der Waals surface area contributed by atoms with Gasteiger partial charge in [0.25, 0.3) is 0 Å². The van der Waals surface area contributed by atoms with Crippen LogP contribution < -0.4 is 4.57 Å². The Morgan fingerprint density at radius 1 is 0.550 bits per heavy atom. The van der Waals surface area contributed by atoms with E-state index in [0.29, 0.717) is 11.1 Å². The van der Waals surface area contributed by atoms with Gasteiger partial charge >= 0.3 is 0 Å². The number of aryl methyl sites for hydroxylation is 2. The van der Waals surface area contributed by atoms with E-state index >= 15 is 4.39 Å². The van der Waals surface area contributed by atoms with Gasteiger partial charge in [0.15, 0.2) is 6.20 Å². The number of hydrogen-bond donors (Lipinski definition) is 0. The zero-order chi connectivity index (χ0) is 27.2. The first-order chi connectivity index (χ1) is 19.6. The maximum absolute atomic E-state index is 15.5. The van der Waals surface area contributed by atoms with Crippen LogP contribution in [0.4, 0.5) is 4.39 Å². The summed E-state index contributed by atoms with van der Waals surface area (Å²) in [6.45, 7) is 2.10. The van der Waals surface area contributed by atoms with E-state index in [0.717, 1.165) is 61.0 Å². The molecule has 0 fully saturated rings. The smallest absolute Gasteiger partial charge is 0.216 e. The van der Waals surface area contributed by atoms with Gasteiger partial charge < -0.3 is 4.42 Å². The zero-order valence-electron chi connectivity index (χ0n) is 22.4. The summed E-state index contributed by atoms with van der Waals surface area (Å²) in [4.78, 5) is 0. The van der Waals surface area contributed by atoms with Crippen molar-refractivity contribution in [3.63, 3.8) is 0 Å². The molecule has 0 saturated heterocycles. The number of benzene rings is 5. The summed E-state index contributed by atoms with van der Waals surface area (Å²) in [5.41, 5.74) is 10.3. The van der Waals surface area contributed by atoms with Gasteiger partial charge in [-0.25, -0.2) is 8.96 Å². The molecule has 0 N–H and O–H groups in total. The van der Waals surface area contributed by atoms with Crippen molar-refractivity contribution in [2.45, 2.75) is 6.92 Å². The Bertz CT molecular complexity index is 2010. The van der Waals surface area contributed by atoms with Crippen molar-refractivity contribution in [1.29, 1.82) is 0 Å². The second kappa shape index (κ2) is 9.62. The van der Waals surface area contributed by atoms with Gasteiger partial charge in [-0.2, -0.15) is 0 Å². The number of fused-ring (bicyclic) bond motifs is 3. The third kappa shape index (κ3) is 3.99. The molecule has 7 aromatic rings. The fourth-order valence-electron chi connectivity index (χ4n) is 5.65. The largest absolute Gasteiger partial charge is 0.454 e. The Labute approximate surface area is 232 Å². The minimum atomic E-state index is -0.297. The molecular formula is C37H27FNO+. The highest BCUT2D eigenvalue weighted by atomic mass is 19.1. The van der Waals surface area contributed by atoms with E-state index in [2.05, 4.69) is 78.4 Å². The van der Waals surface area contributed by atoms with E-state index in [4.69, 9.17) is 4.42 Å². The third-order valence-electron chi connectivity index (χ3n) is 7.76. The fraction of sp³-hybridized carbons (Fsp3) is 0.0541. The van der Waals surface area contributed by atoms with Crippen LogP contribution in [-0.2, 0) is 7.05 Å². The van der Waals surface area contributed by atoms with E-state index in [1.165, 1.54) is 0 Å². The Balaban J connectivity index is 1.43. The van der Waals surface area contributed by atoms with Gasteiger partial charge in [0.2, 0.25) is 5.69 Å². The molecular weight excluding hydrogens is 493 g/mol. The first-order valence-electron chi connectivity index (χ1n) is 13.4. The van der Waals surface area contributed by atoms with Crippen LogP contribution in [0.25, 0.3) is 66.6 Å². The van der Waals surface area contributed by atoms with Crippen molar-refractivity contribution < 1.29 is 13.4 Å². The lowest BCUT2D eigenvalue weighted by molar-refractivity contribution is -0.660. The van der Waals surface area contributed by atoms with Gasteiger partial charge in [-0.1, -0.05) is 97.1 Å². The fourth-order valence-corrected chi connectivity index (χ4v) is 5.65. The van der Waals surface area contributed by atoms with Crippen molar-refractivity contribution in [3.8, 4) is 44.6 Å².